The summed E-state index contributed by atoms with van der Waals surface area (Å²) in [5.41, 5.74) is 0. The van der Waals surface area contributed by atoms with Gasteiger partial charge in [0.15, 0.2) is 0 Å². The zero-order valence-electron chi connectivity index (χ0n) is 8.71. The Morgan fingerprint density at radius 3 is 1.27 bits per heavy atom. The van der Waals surface area contributed by atoms with Crippen molar-refractivity contribution in [2.24, 2.45) is 0 Å². The van der Waals surface area contributed by atoms with E-state index in [4.69, 9.17) is 30.6 Å². The number of methoxy groups -OCH3 is 1. The topological polar surface area (TPSA) is 131 Å². The Bertz CT molecular complexity index is 181. The van der Waals surface area contributed by atoms with E-state index in [1.54, 1.807) is 14.2 Å². The van der Waals surface area contributed by atoms with Crippen LogP contribution in [0.15, 0.2) is 0 Å². The zero-order valence-corrected chi connectivity index (χ0v) is 8.71. The van der Waals surface area contributed by atoms with Crippen LogP contribution in [-0.4, -0.2) is 62.2 Å². The molecular weight excluding hydrogens is 208 g/mol. The van der Waals surface area contributed by atoms with Gasteiger partial charge in [-0.1, -0.05) is 0 Å². The van der Waals surface area contributed by atoms with Crippen molar-refractivity contribution in [1.29, 1.82) is 0 Å². The maximum Gasteiger partial charge on any atom is 0.274 e. The number of hydrogen-bond donors (Lipinski definition) is 6. The highest BCUT2D eigenvalue weighted by Crippen LogP contribution is 2.39. The molecule has 0 aromatic carbocycles. The van der Waals surface area contributed by atoms with E-state index < -0.39 is 17.4 Å². The second kappa shape index (κ2) is 4.71. The second-order valence-corrected chi connectivity index (χ2v) is 3.57. The first-order valence-electron chi connectivity index (χ1n) is 4.37. The largest absolute Gasteiger partial charge is 0.388 e. The van der Waals surface area contributed by atoms with Crippen LogP contribution >= 0.6 is 0 Å². The summed E-state index contributed by atoms with van der Waals surface area (Å²) < 4.78 is 4.25. The van der Waals surface area contributed by atoms with Gasteiger partial charge >= 0.3 is 0 Å². The Morgan fingerprint density at radius 2 is 1.07 bits per heavy atom. The van der Waals surface area contributed by atoms with Gasteiger partial charge in [-0.3, -0.25) is 0 Å². The molecule has 0 spiro atoms. The molecule has 1 aliphatic rings. The molecular formula is C8H18O7. The summed E-state index contributed by atoms with van der Waals surface area (Å²) in [5, 5.41) is 53.9. The molecule has 7 nitrogen and oxygen atoms in total. The summed E-state index contributed by atoms with van der Waals surface area (Å²) in [6.07, 6.45) is -0.547. The van der Waals surface area contributed by atoms with Crippen molar-refractivity contribution in [3.63, 3.8) is 0 Å². The molecule has 0 aliphatic heterocycles. The molecule has 0 bridgehead atoms. The van der Waals surface area contributed by atoms with Crippen molar-refractivity contribution in [3.05, 3.63) is 0 Å². The van der Waals surface area contributed by atoms with Gasteiger partial charge in [0.25, 0.3) is 5.79 Å². The van der Waals surface area contributed by atoms with Crippen LogP contribution in [-0.2, 0) is 4.74 Å². The van der Waals surface area contributed by atoms with E-state index in [-0.39, 0.29) is 19.3 Å². The van der Waals surface area contributed by atoms with Gasteiger partial charge in [0.1, 0.15) is 0 Å². The number of hydrogen-bond acceptors (Lipinski definition) is 7. The number of rotatable bonds is 0. The molecule has 0 heterocycles. The lowest BCUT2D eigenvalue weighted by atomic mass is 9.83. The van der Waals surface area contributed by atoms with Gasteiger partial charge in [-0.15, -0.1) is 0 Å². The van der Waals surface area contributed by atoms with Gasteiger partial charge in [0.05, 0.1) is 0 Å². The fourth-order valence-corrected chi connectivity index (χ4v) is 1.25. The molecule has 0 aromatic heterocycles. The van der Waals surface area contributed by atoms with Gasteiger partial charge in [0.2, 0.25) is 11.6 Å². The van der Waals surface area contributed by atoms with Crippen LogP contribution in [0.4, 0.5) is 0 Å². The summed E-state index contributed by atoms with van der Waals surface area (Å²) in [6, 6.07) is 0. The summed E-state index contributed by atoms with van der Waals surface area (Å²) in [6.45, 7) is 0. The predicted octanol–water partition coefficient (Wildman–Crippen LogP) is -2.52. The average Bonchev–Trinajstić information content (AvgIpc) is 2.02. The molecule has 0 atom stereocenters. The Kier molecular flexibility index (Phi) is 4.62. The predicted molar refractivity (Wildman–Crippen MR) is 48.3 cm³/mol. The average molecular weight is 226 g/mol. The molecule has 15 heavy (non-hydrogen) atoms. The minimum Gasteiger partial charge on any atom is -0.388 e. The Morgan fingerprint density at radius 1 is 0.800 bits per heavy atom. The highest BCUT2D eigenvalue weighted by Gasteiger charge is 2.63. The molecule has 0 unspecified atom stereocenters. The summed E-state index contributed by atoms with van der Waals surface area (Å²) in [4.78, 5) is 0. The van der Waals surface area contributed by atoms with Crippen LogP contribution < -0.4 is 0 Å². The van der Waals surface area contributed by atoms with E-state index in [1.165, 1.54) is 0 Å². The monoisotopic (exact) mass is 226 g/mol. The first kappa shape index (κ1) is 14.7. The summed E-state index contributed by atoms with van der Waals surface area (Å²) >= 11 is 0. The van der Waals surface area contributed by atoms with Gasteiger partial charge in [0, 0.05) is 27.1 Å². The van der Waals surface area contributed by atoms with Crippen LogP contribution in [0.2, 0.25) is 0 Å². The standard InChI is InChI=1S/C6H12O6.C2H6O/c7-4(8)2-1-3-5(9,10)6(4,11)12;1-3-2/h7-12H,1-3H2;1-2H3. The van der Waals surface area contributed by atoms with E-state index >= 15 is 0 Å². The Labute approximate surface area is 87.2 Å². The fraction of sp³-hybridized carbons (Fsp3) is 1.00. The molecule has 0 amide bonds. The second-order valence-electron chi connectivity index (χ2n) is 3.57. The highest BCUT2D eigenvalue weighted by atomic mass is 16.7. The van der Waals surface area contributed by atoms with Gasteiger partial charge in [-0.25, -0.2) is 0 Å². The molecule has 1 saturated carbocycles. The number of aliphatic hydroxyl groups is 6. The normalized spacial score (nSPS) is 26.4. The highest BCUT2D eigenvalue weighted by molar-refractivity contribution is 4.97. The van der Waals surface area contributed by atoms with Crippen LogP contribution in [0, 0.1) is 0 Å². The van der Waals surface area contributed by atoms with E-state index in [9.17, 15) is 0 Å². The molecule has 1 rings (SSSR count). The van der Waals surface area contributed by atoms with Gasteiger partial charge in [-0.2, -0.15) is 0 Å². The molecule has 0 saturated heterocycles. The minimum absolute atomic E-state index is 0.0862. The summed E-state index contributed by atoms with van der Waals surface area (Å²) in [5.74, 6) is -9.07. The van der Waals surface area contributed by atoms with Crippen molar-refractivity contribution in [3.8, 4) is 0 Å². The first-order valence-corrected chi connectivity index (χ1v) is 4.37. The maximum atomic E-state index is 8.99. The van der Waals surface area contributed by atoms with Gasteiger partial charge in [-0.05, 0) is 6.42 Å². The molecule has 1 fully saturated rings. The van der Waals surface area contributed by atoms with E-state index in [1.807, 2.05) is 0 Å². The third kappa shape index (κ3) is 2.85. The third-order valence-corrected chi connectivity index (χ3v) is 2.17. The fourth-order valence-electron chi connectivity index (χ4n) is 1.25. The lowest BCUT2D eigenvalue weighted by Crippen LogP contribution is -2.70. The van der Waals surface area contributed by atoms with Crippen LogP contribution in [0.5, 0.6) is 0 Å². The smallest absolute Gasteiger partial charge is 0.274 e. The Hall–Kier alpha value is -0.280. The van der Waals surface area contributed by atoms with Crippen LogP contribution in [0.25, 0.3) is 0 Å². The molecule has 6 N–H and O–H groups in total. The lowest BCUT2D eigenvalue weighted by Gasteiger charge is -2.46. The van der Waals surface area contributed by atoms with E-state index in [0.717, 1.165) is 0 Å². The molecule has 92 valence electrons. The molecule has 0 aromatic rings. The van der Waals surface area contributed by atoms with E-state index in [2.05, 4.69) is 4.74 Å². The van der Waals surface area contributed by atoms with Crippen molar-refractivity contribution in [2.45, 2.75) is 36.6 Å². The quantitative estimate of drug-likeness (QED) is 0.251. The summed E-state index contributed by atoms with van der Waals surface area (Å²) in [7, 11) is 3.25. The van der Waals surface area contributed by atoms with Crippen molar-refractivity contribution >= 4 is 0 Å². The SMILES string of the molecule is COC.OC1(O)CCCC(O)(O)C1(O)O. The van der Waals surface area contributed by atoms with Crippen LogP contribution in [0.3, 0.4) is 0 Å². The van der Waals surface area contributed by atoms with E-state index in [0.29, 0.717) is 0 Å². The van der Waals surface area contributed by atoms with Crippen molar-refractivity contribution in [1.82, 2.24) is 0 Å². The zero-order chi connectivity index (χ0) is 12.3. The first-order chi connectivity index (χ1) is 6.62. The molecule has 7 heteroatoms. The van der Waals surface area contributed by atoms with Crippen molar-refractivity contribution < 1.29 is 35.4 Å². The third-order valence-electron chi connectivity index (χ3n) is 2.17. The van der Waals surface area contributed by atoms with Gasteiger partial charge < -0.3 is 35.4 Å². The van der Waals surface area contributed by atoms with Crippen LogP contribution in [0.1, 0.15) is 19.3 Å². The molecule has 1 aliphatic carbocycles. The molecule has 0 radical (unpaired) electrons. The van der Waals surface area contributed by atoms with Crippen molar-refractivity contribution in [2.75, 3.05) is 14.2 Å². The lowest BCUT2D eigenvalue weighted by molar-refractivity contribution is -0.466. The maximum absolute atomic E-state index is 8.99. The minimum atomic E-state index is -3.31. The number of ether oxygens (including phenoxy) is 1. The Balaban J connectivity index is 0.000000583.